The Kier molecular flexibility index (Phi) is 1.99. The maximum absolute atomic E-state index is 10.5. The zero-order valence-electron chi connectivity index (χ0n) is 8.47. The van der Waals surface area contributed by atoms with Crippen LogP contribution in [0.3, 0.4) is 0 Å². The van der Waals surface area contributed by atoms with E-state index in [0.29, 0.717) is 12.0 Å². The minimum Gasteiger partial charge on any atom is -0.493 e. The smallest absolute Gasteiger partial charge is 0.260 e. The van der Waals surface area contributed by atoms with E-state index >= 15 is 0 Å². The molecular formula is C12H9NO3. The molecule has 0 unspecified atom stereocenters. The SMILES string of the molecule is O=Cc1nc(-c2ccc3c(c2)CCO3)co1. The third-order valence-corrected chi connectivity index (χ3v) is 2.61. The van der Waals surface area contributed by atoms with Crippen LogP contribution < -0.4 is 4.74 Å². The number of aldehydes is 1. The number of nitrogens with zero attached hydrogens (tertiary/aromatic N) is 1. The molecule has 1 aromatic carbocycles. The summed E-state index contributed by atoms with van der Waals surface area (Å²) >= 11 is 0. The van der Waals surface area contributed by atoms with Gasteiger partial charge in [-0.3, -0.25) is 4.79 Å². The predicted octanol–water partition coefficient (Wildman–Crippen LogP) is 2.09. The van der Waals surface area contributed by atoms with Crippen molar-refractivity contribution in [1.29, 1.82) is 0 Å². The monoisotopic (exact) mass is 215 g/mol. The number of aromatic nitrogens is 1. The lowest BCUT2D eigenvalue weighted by Crippen LogP contribution is -1.85. The fourth-order valence-electron chi connectivity index (χ4n) is 1.82. The molecule has 0 atom stereocenters. The topological polar surface area (TPSA) is 52.3 Å². The van der Waals surface area contributed by atoms with E-state index in [1.54, 1.807) is 0 Å². The summed E-state index contributed by atoms with van der Waals surface area (Å²) in [7, 11) is 0. The van der Waals surface area contributed by atoms with Crippen LogP contribution in [0.25, 0.3) is 11.3 Å². The van der Waals surface area contributed by atoms with Crippen LogP contribution in [-0.2, 0) is 6.42 Å². The van der Waals surface area contributed by atoms with Crippen molar-refractivity contribution >= 4 is 6.29 Å². The van der Waals surface area contributed by atoms with Crippen LogP contribution in [0.15, 0.2) is 28.9 Å². The van der Waals surface area contributed by atoms with Gasteiger partial charge >= 0.3 is 0 Å². The van der Waals surface area contributed by atoms with Crippen LogP contribution in [0, 0.1) is 0 Å². The van der Waals surface area contributed by atoms with Gasteiger partial charge in [0.25, 0.3) is 5.89 Å². The van der Waals surface area contributed by atoms with E-state index in [2.05, 4.69) is 4.98 Å². The number of hydrogen-bond acceptors (Lipinski definition) is 4. The predicted molar refractivity (Wildman–Crippen MR) is 56.5 cm³/mol. The molecule has 0 N–H and O–H groups in total. The first-order chi connectivity index (χ1) is 7.86. The minimum atomic E-state index is 0.103. The standard InChI is InChI=1S/C12H9NO3/c14-6-12-13-10(7-16-12)8-1-2-11-9(5-8)3-4-15-11/h1-2,5-7H,3-4H2. The molecule has 0 radical (unpaired) electrons. The van der Waals surface area contributed by atoms with Gasteiger partial charge in [-0.2, -0.15) is 0 Å². The quantitative estimate of drug-likeness (QED) is 0.720. The van der Waals surface area contributed by atoms with Gasteiger partial charge in [-0.25, -0.2) is 4.98 Å². The zero-order chi connectivity index (χ0) is 11.0. The first kappa shape index (κ1) is 9.15. The largest absolute Gasteiger partial charge is 0.493 e. The van der Waals surface area contributed by atoms with Gasteiger partial charge in [0, 0.05) is 12.0 Å². The second-order valence-corrected chi connectivity index (χ2v) is 3.61. The van der Waals surface area contributed by atoms with Crippen LogP contribution in [0.4, 0.5) is 0 Å². The lowest BCUT2D eigenvalue weighted by Gasteiger charge is -2.00. The second-order valence-electron chi connectivity index (χ2n) is 3.61. The molecule has 0 fully saturated rings. The normalized spacial score (nSPS) is 13.2. The van der Waals surface area contributed by atoms with Crippen LogP contribution in [-0.4, -0.2) is 17.9 Å². The van der Waals surface area contributed by atoms with Crippen LogP contribution in [0.5, 0.6) is 5.75 Å². The number of benzene rings is 1. The molecule has 2 aromatic rings. The van der Waals surface area contributed by atoms with Crippen molar-refractivity contribution < 1.29 is 13.9 Å². The number of fused-ring (bicyclic) bond motifs is 1. The molecule has 80 valence electrons. The molecule has 0 amide bonds. The molecule has 1 aliphatic rings. The molecule has 2 heterocycles. The van der Waals surface area contributed by atoms with Crippen molar-refractivity contribution in [2.75, 3.05) is 6.61 Å². The number of carbonyl (C=O) groups is 1. The molecule has 16 heavy (non-hydrogen) atoms. The first-order valence-electron chi connectivity index (χ1n) is 5.03. The third kappa shape index (κ3) is 1.39. The van der Waals surface area contributed by atoms with Gasteiger partial charge in [0.1, 0.15) is 17.7 Å². The molecule has 3 rings (SSSR count). The lowest BCUT2D eigenvalue weighted by atomic mass is 10.1. The van der Waals surface area contributed by atoms with Gasteiger partial charge in [0.15, 0.2) is 0 Å². The molecule has 0 saturated carbocycles. The van der Waals surface area contributed by atoms with E-state index < -0.39 is 0 Å². The Balaban J connectivity index is 2.03. The van der Waals surface area contributed by atoms with E-state index in [1.165, 1.54) is 11.8 Å². The Morgan fingerprint density at radius 2 is 2.31 bits per heavy atom. The average molecular weight is 215 g/mol. The minimum absolute atomic E-state index is 0.103. The molecular weight excluding hydrogens is 206 g/mol. The second kappa shape index (κ2) is 3.48. The van der Waals surface area contributed by atoms with E-state index in [1.807, 2.05) is 18.2 Å². The molecule has 1 aromatic heterocycles. The van der Waals surface area contributed by atoms with E-state index in [0.717, 1.165) is 24.3 Å². The highest BCUT2D eigenvalue weighted by molar-refractivity contribution is 5.70. The highest BCUT2D eigenvalue weighted by atomic mass is 16.5. The number of hydrogen-bond donors (Lipinski definition) is 0. The summed E-state index contributed by atoms with van der Waals surface area (Å²) in [5.41, 5.74) is 2.80. The fraction of sp³-hybridized carbons (Fsp3) is 0.167. The van der Waals surface area contributed by atoms with Crippen molar-refractivity contribution in [1.82, 2.24) is 4.98 Å². The summed E-state index contributed by atoms with van der Waals surface area (Å²) in [6.45, 7) is 0.733. The lowest BCUT2D eigenvalue weighted by molar-refractivity contribution is 0.109. The van der Waals surface area contributed by atoms with Crippen molar-refractivity contribution in [2.45, 2.75) is 6.42 Å². The summed E-state index contributed by atoms with van der Waals surface area (Å²) in [4.78, 5) is 14.5. The van der Waals surface area contributed by atoms with Gasteiger partial charge < -0.3 is 9.15 Å². The summed E-state index contributed by atoms with van der Waals surface area (Å²) in [6, 6.07) is 5.86. The van der Waals surface area contributed by atoms with Crippen molar-refractivity contribution in [3.63, 3.8) is 0 Å². The van der Waals surface area contributed by atoms with Gasteiger partial charge in [-0.15, -0.1) is 0 Å². The van der Waals surface area contributed by atoms with E-state index in [4.69, 9.17) is 9.15 Å². The summed E-state index contributed by atoms with van der Waals surface area (Å²) in [6.07, 6.45) is 3.00. The summed E-state index contributed by atoms with van der Waals surface area (Å²) in [5, 5.41) is 0. The Bertz CT molecular complexity index is 545. The highest BCUT2D eigenvalue weighted by Gasteiger charge is 2.14. The number of oxazole rings is 1. The zero-order valence-corrected chi connectivity index (χ0v) is 8.47. The molecule has 0 spiro atoms. The highest BCUT2D eigenvalue weighted by Crippen LogP contribution is 2.29. The Morgan fingerprint density at radius 1 is 1.38 bits per heavy atom. The molecule has 4 nitrogen and oxygen atoms in total. The van der Waals surface area contributed by atoms with Crippen LogP contribution in [0.2, 0.25) is 0 Å². The number of carbonyl (C=O) groups excluding carboxylic acids is 1. The average Bonchev–Trinajstić information content (AvgIpc) is 2.96. The third-order valence-electron chi connectivity index (χ3n) is 2.61. The van der Waals surface area contributed by atoms with Crippen molar-refractivity contribution in [2.24, 2.45) is 0 Å². The van der Waals surface area contributed by atoms with Crippen LogP contribution in [0.1, 0.15) is 16.2 Å². The fourth-order valence-corrected chi connectivity index (χ4v) is 1.82. The van der Waals surface area contributed by atoms with Crippen LogP contribution >= 0.6 is 0 Å². The van der Waals surface area contributed by atoms with Gasteiger partial charge in [-0.05, 0) is 23.8 Å². The molecule has 0 bridgehead atoms. The Morgan fingerprint density at radius 3 is 3.12 bits per heavy atom. The van der Waals surface area contributed by atoms with Gasteiger partial charge in [-0.1, -0.05) is 0 Å². The van der Waals surface area contributed by atoms with Crippen molar-refractivity contribution in [3.05, 3.63) is 35.9 Å². The van der Waals surface area contributed by atoms with E-state index in [9.17, 15) is 4.79 Å². The Labute approximate surface area is 91.9 Å². The molecule has 0 aliphatic carbocycles. The van der Waals surface area contributed by atoms with Gasteiger partial charge in [0.05, 0.1) is 6.61 Å². The number of ether oxygens (including phenoxy) is 1. The maximum Gasteiger partial charge on any atom is 0.260 e. The number of rotatable bonds is 2. The Hall–Kier alpha value is -2.10. The first-order valence-corrected chi connectivity index (χ1v) is 5.03. The van der Waals surface area contributed by atoms with E-state index in [-0.39, 0.29) is 5.89 Å². The summed E-state index contributed by atoms with van der Waals surface area (Å²) < 4.78 is 10.4. The summed E-state index contributed by atoms with van der Waals surface area (Å²) in [5.74, 6) is 1.04. The van der Waals surface area contributed by atoms with Gasteiger partial charge in [0.2, 0.25) is 6.29 Å². The molecule has 4 heteroatoms. The maximum atomic E-state index is 10.5. The molecule has 0 saturated heterocycles. The van der Waals surface area contributed by atoms with Crippen molar-refractivity contribution in [3.8, 4) is 17.0 Å². The molecule has 1 aliphatic heterocycles.